The van der Waals surface area contributed by atoms with Crippen LogP contribution in [0.4, 0.5) is 0 Å². The zero-order valence-corrected chi connectivity index (χ0v) is 19.1. The van der Waals surface area contributed by atoms with E-state index in [1.54, 1.807) is 17.3 Å². The van der Waals surface area contributed by atoms with Gasteiger partial charge in [-0.25, -0.2) is 4.98 Å². The summed E-state index contributed by atoms with van der Waals surface area (Å²) in [5, 5.41) is 0.857. The Bertz CT molecular complexity index is 911. The molecule has 1 aliphatic heterocycles. The van der Waals surface area contributed by atoms with Crippen LogP contribution in [0.2, 0.25) is 0 Å². The van der Waals surface area contributed by atoms with Gasteiger partial charge >= 0.3 is 0 Å². The molecule has 2 aromatic rings. The summed E-state index contributed by atoms with van der Waals surface area (Å²) < 4.78 is 6.23. The van der Waals surface area contributed by atoms with Gasteiger partial charge in [0, 0.05) is 31.5 Å². The number of ether oxygens (including phenoxy) is 1. The monoisotopic (exact) mass is 442 g/mol. The Morgan fingerprint density at radius 2 is 2.03 bits per heavy atom. The highest BCUT2D eigenvalue weighted by Crippen LogP contribution is 2.26. The maximum atomic E-state index is 13.3. The third-order valence-corrected chi connectivity index (χ3v) is 7.14. The Hall–Kier alpha value is -2.32. The highest BCUT2D eigenvalue weighted by Gasteiger charge is 2.35. The van der Waals surface area contributed by atoms with E-state index in [0.717, 1.165) is 41.9 Å². The molecule has 1 aliphatic carbocycles. The van der Waals surface area contributed by atoms with Crippen LogP contribution in [0.25, 0.3) is 0 Å². The smallest absolute Gasteiger partial charge is 0.266 e. The molecule has 0 unspecified atom stereocenters. The Labute approximate surface area is 187 Å². The fourth-order valence-electron chi connectivity index (χ4n) is 4.52. The summed E-state index contributed by atoms with van der Waals surface area (Å²) in [5.41, 5.74) is 1.70. The molecule has 31 heavy (non-hydrogen) atoms. The SMILES string of the molecule is Cc1nc(C)c(C(=O)N2CC(=O)N(C3CCCCC3)C[C@@H](OCc3cccnc3)C2)s1. The number of carbonyl (C=O) groups excluding carboxylic acids is 2. The van der Waals surface area contributed by atoms with Gasteiger partial charge in [0.25, 0.3) is 5.91 Å². The zero-order chi connectivity index (χ0) is 21.8. The van der Waals surface area contributed by atoms with Crippen LogP contribution in [0.5, 0.6) is 0 Å². The number of hydrogen-bond donors (Lipinski definition) is 0. The number of thiazole rings is 1. The molecule has 4 rings (SSSR count). The van der Waals surface area contributed by atoms with E-state index in [1.807, 2.05) is 30.9 Å². The Balaban J connectivity index is 1.54. The molecule has 1 saturated carbocycles. The first-order valence-electron chi connectivity index (χ1n) is 11.0. The lowest BCUT2D eigenvalue weighted by Gasteiger charge is -2.34. The molecular formula is C23H30N4O3S. The first-order valence-corrected chi connectivity index (χ1v) is 11.9. The molecule has 0 bridgehead atoms. The number of aryl methyl sites for hydroxylation is 2. The lowest BCUT2D eigenvalue weighted by Crippen LogP contribution is -2.46. The predicted molar refractivity (Wildman–Crippen MR) is 119 cm³/mol. The number of nitrogens with zero attached hydrogens (tertiary/aromatic N) is 4. The average molecular weight is 443 g/mol. The summed E-state index contributed by atoms with van der Waals surface area (Å²) >= 11 is 1.39. The van der Waals surface area contributed by atoms with Crippen LogP contribution in [-0.2, 0) is 16.1 Å². The van der Waals surface area contributed by atoms with Crippen LogP contribution >= 0.6 is 11.3 Å². The molecule has 2 amide bonds. The number of hydrogen-bond acceptors (Lipinski definition) is 6. The molecule has 0 aromatic carbocycles. The van der Waals surface area contributed by atoms with E-state index in [1.165, 1.54) is 17.8 Å². The van der Waals surface area contributed by atoms with Gasteiger partial charge in [-0.1, -0.05) is 25.3 Å². The Morgan fingerprint density at radius 3 is 2.71 bits per heavy atom. The second kappa shape index (κ2) is 9.87. The van der Waals surface area contributed by atoms with Gasteiger partial charge in [0.2, 0.25) is 5.91 Å². The molecule has 1 saturated heterocycles. The fraction of sp³-hybridized carbons (Fsp3) is 0.565. The van der Waals surface area contributed by atoms with Gasteiger partial charge < -0.3 is 14.5 Å². The van der Waals surface area contributed by atoms with Crippen molar-refractivity contribution in [3.63, 3.8) is 0 Å². The summed E-state index contributed by atoms with van der Waals surface area (Å²) in [4.78, 5) is 39.3. The van der Waals surface area contributed by atoms with Crippen molar-refractivity contribution in [2.24, 2.45) is 0 Å². The number of carbonyl (C=O) groups is 2. The van der Waals surface area contributed by atoms with Gasteiger partial charge in [-0.05, 0) is 38.3 Å². The van der Waals surface area contributed by atoms with Crippen molar-refractivity contribution in [3.8, 4) is 0 Å². The van der Waals surface area contributed by atoms with E-state index in [2.05, 4.69) is 9.97 Å². The summed E-state index contributed by atoms with van der Waals surface area (Å²) in [6, 6.07) is 4.10. The van der Waals surface area contributed by atoms with Crippen molar-refractivity contribution in [1.82, 2.24) is 19.8 Å². The first-order chi connectivity index (χ1) is 15.0. The second-order valence-corrected chi connectivity index (χ2v) is 9.67. The Morgan fingerprint density at radius 1 is 1.23 bits per heavy atom. The minimum Gasteiger partial charge on any atom is -0.370 e. The molecule has 7 nitrogen and oxygen atoms in total. The second-order valence-electron chi connectivity index (χ2n) is 8.47. The summed E-state index contributed by atoms with van der Waals surface area (Å²) in [6.07, 6.45) is 8.87. The van der Waals surface area contributed by atoms with E-state index < -0.39 is 0 Å². The van der Waals surface area contributed by atoms with Gasteiger partial charge in [0.05, 0.1) is 23.4 Å². The molecule has 0 N–H and O–H groups in total. The molecule has 2 fully saturated rings. The van der Waals surface area contributed by atoms with E-state index in [-0.39, 0.29) is 30.5 Å². The number of pyridine rings is 1. The molecule has 0 spiro atoms. The van der Waals surface area contributed by atoms with Crippen LogP contribution in [0, 0.1) is 13.8 Å². The van der Waals surface area contributed by atoms with Gasteiger partial charge in [-0.15, -0.1) is 11.3 Å². The van der Waals surface area contributed by atoms with E-state index in [0.29, 0.717) is 24.6 Å². The van der Waals surface area contributed by atoms with Crippen molar-refractivity contribution in [1.29, 1.82) is 0 Å². The maximum Gasteiger partial charge on any atom is 0.266 e. The van der Waals surface area contributed by atoms with Crippen molar-refractivity contribution in [2.75, 3.05) is 19.6 Å². The standard InChI is InChI=1S/C23H30N4O3S/c1-16-22(31-17(2)25-16)23(29)26-12-20(30-15-18-7-6-10-24-11-18)13-27(21(28)14-26)19-8-4-3-5-9-19/h6-7,10-11,19-20H,3-5,8-9,12-15H2,1-2H3/t20-/m0/s1. The van der Waals surface area contributed by atoms with Crippen LogP contribution in [0.3, 0.4) is 0 Å². The quantitative estimate of drug-likeness (QED) is 0.710. The molecule has 0 radical (unpaired) electrons. The van der Waals surface area contributed by atoms with Crippen molar-refractivity contribution >= 4 is 23.2 Å². The number of aromatic nitrogens is 2. The zero-order valence-electron chi connectivity index (χ0n) is 18.2. The fourth-order valence-corrected chi connectivity index (χ4v) is 5.41. The van der Waals surface area contributed by atoms with Crippen LogP contribution in [-0.4, -0.2) is 63.4 Å². The normalized spacial score (nSPS) is 20.7. The highest BCUT2D eigenvalue weighted by molar-refractivity contribution is 7.13. The van der Waals surface area contributed by atoms with Crippen LogP contribution in [0.1, 0.15) is 58.0 Å². The van der Waals surface area contributed by atoms with E-state index >= 15 is 0 Å². The molecule has 2 aromatic heterocycles. The lowest BCUT2D eigenvalue weighted by molar-refractivity contribution is -0.134. The predicted octanol–water partition coefficient (Wildman–Crippen LogP) is 3.36. The summed E-state index contributed by atoms with van der Waals surface area (Å²) in [5.74, 6) is -0.108. The lowest BCUT2D eigenvalue weighted by atomic mass is 9.94. The van der Waals surface area contributed by atoms with Crippen molar-refractivity contribution in [3.05, 3.63) is 45.7 Å². The summed E-state index contributed by atoms with van der Waals surface area (Å²) in [7, 11) is 0. The first kappa shape index (κ1) is 21.9. The molecule has 3 heterocycles. The van der Waals surface area contributed by atoms with E-state index in [4.69, 9.17) is 4.74 Å². The molecule has 2 aliphatic rings. The molecular weight excluding hydrogens is 412 g/mol. The van der Waals surface area contributed by atoms with Gasteiger partial charge in [0.1, 0.15) is 11.4 Å². The van der Waals surface area contributed by atoms with Crippen molar-refractivity contribution in [2.45, 2.75) is 64.7 Å². The molecule has 8 heteroatoms. The van der Waals surface area contributed by atoms with Gasteiger partial charge in [-0.2, -0.15) is 0 Å². The Kier molecular flexibility index (Phi) is 6.97. The van der Waals surface area contributed by atoms with E-state index in [9.17, 15) is 9.59 Å². The van der Waals surface area contributed by atoms with Gasteiger partial charge in [0.15, 0.2) is 0 Å². The molecule has 1 atom stereocenters. The minimum atomic E-state index is -0.244. The van der Waals surface area contributed by atoms with Crippen LogP contribution < -0.4 is 0 Å². The summed E-state index contributed by atoms with van der Waals surface area (Å²) in [6.45, 7) is 5.16. The number of rotatable bonds is 5. The van der Waals surface area contributed by atoms with Gasteiger partial charge in [-0.3, -0.25) is 14.6 Å². The molecule has 166 valence electrons. The maximum absolute atomic E-state index is 13.3. The average Bonchev–Trinajstić information content (AvgIpc) is 3.03. The highest BCUT2D eigenvalue weighted by atomic mass is 32.1. The topological polar surface area (TPSA) is 75.6 Å². The largest absolute Gasteiger partial charge is 0.370 e. The minimum absolute atomic E-state index is 0.0200. The third kappa shape index (κ3) is 5.30. The third-order valence-electron chi connectivity index (χ3n) is 6.08. The van der Waals surface area contributed by atoms with Crippen molar-refractivity contribution < 1.29 is 14.3 Å². The number of amides is 2. The van der Waals surface area contributed by atoms with Crippen LogP contribution in [0.15, 0.2) is 24.5 Å².